The van der Waals surface area contributed by atoms with Gasteiger partial charge in [-0.15, -0.1) is 11.8 Å². The van der Waals surface area contributed by atoms with E-state index in [1.165, 1.54) is 5.04 Å². The lowest BCUT2D eigenvalue weighted by molar-refractivity contribution is 0.898. The Morgan fingerprint density at radius 1 is 1.50 bits per heavy atom. The Morgan fingerprint density at radius 3 is 2.00 bits per heavy atom. The lowest BCUT2D eigenvalue weighted by Crippen LogP contribution is -2.00. The fourth-order valence-electron chi connectivity index (χ4n) is 0.585. The summed E-state index contributed by atoms with van der Waals surface area (Å²) < 4.78 is 0. The van der Waals surface area contributed by atoms with Gasteiger partial charge in [-0.25, -0.2) is 0 Å². The molecule has 0 atom stereocenters. The van der Waals surface area contributed by atoms with Crippen LogP contribution in [-0.2, 0) is 0 Å². The van der Waals surface area contributed by atoms with E-state index in [2.05, 4.69) is 25.1 Å². The zero-order valence-electron chi connectivity index (χ0n) is 5.93. The maximum Gasteiger partial charge on any atom is 0.0695 e. The molecule has 0 fully saturated rings. The molecule has 0 N–H and O–H groups in total. The Labute approximate surface area is 55.6 Å². The minimum atomic E-state index is 0.593. The van der Waals surface area contributed by atoms with E-state index in [-0.39, 0.29) is 0 Å². The van der Waals surface area contributed by atoms with Gasteiger partial charge in [0, 0.05) is 13.0 Å². The molecule has 48 valence electrons. The monoisotopic (exact) mass is 131 g/mol. The van der Waals surface area contributed by atoms with Gasteiger partial charge in [0.15, 0.2) is 0 Å². The smallest absolute Gasteiger partial charge is 0.0695 e. The van der Waals surface area contributed by atoms with Crippen molar-refractivity contribution < 1.29 is 0 Å². The molecule has 0 aliphatic heterocycles. The van der Waals surface area contributed by atoms with E-state index >= 15 is 0 Å². The SMILES string of the molecule is CN=C(SC)C(C)C. The first kappa shape index (κ1) is 8.02. The van der Waals surface area contributed by atoms with Crippen molar-refractivity contribution in [2.45, 2.75) is 13.8 Å². The van der Waals surface area contributed by atoms with Gasteiger partial charge in [-0.2, -0.15) is 0 Å². The summed E-state index contributed by atoms with van der Waals surface area (Å²) >= 11 is 1.73. The van der Waals surface area contributed by atoms with Crippen LogP contribution < -0.4 is 0 Å². The molecule has 8 heavy (non-hydrogen) atoms. The highest BCUT2D eigenvalue weighted by molar-refractivity contribution is 8.13. The quantitative estimate of drug-likeness (QED) is 0.392. The summed E-state index contributed by atoms with van der Waals surface area (Å²) in [5.74, 6) is 0.593. The molecular weight excluding hydrogens is 118 g/mol. The molecule has 0 heterocycles. The minimum absolute atomic E-state index is 0.593. The van der Waals surface area contributed by atoms with E-state index < -0.39 is 0 Å². The van der Waals surface area contributed by atoms with Crippen LogP contribution in [0.1, 0.15) is 13.8 Å². The van der Waals surface area contributed by atoms with Crippen molar-refractivity contribution >= 4 is 16.8 Å². The molecule has 0 amide bonds. The Hall–Kier alpha value is 0.0200. The molecule has 0 aromatic heterocycles. The predicted molar refractivity (Wildman–Crippen MR) is 41.7 cm³/mol. The van der Waals surface area contributed by atoms with Crippen LogP contribution in [-0.4, -0.2) is 18.3 Å². The molecule has 0 saturated heterocycles. The lowest BCUT2D eigenvalue weighted by Gasteiger charge is -2.02. The molecular formula is C6H13NS. The second-order valence-electron chi connectivity index (χ2n) is 1.92. The molecule has 0 bridgehead atoms. The lowest BCUT2D eigenvalue weighted by atomic mass is 10.2. The molecule has 0 aliphatic rings. The van der Waals surface area contributed by atoms with E-state index in [1.54, 1.807) is 11.8 Å². The van der Waals surface area contributed by atoms with Crippen molar-refractivity contribution in [3.05, 3.63) is 0 Å². The molecule has 0 unspecified atom stereocenters. The molecule has 0 aromatic rings. The summed E-state index contributed by atoms with van der Waals surface area (Å²) in [7, 11) is 1.84. The van der Waals surface area contributed by atoms with Crippen LogP contribution in [0.2, 0.25) is 0 Å². The minimum Gasteiger partial charge on any atom is -0.286 e. The molecule has 2 heteroatoms. The zero-order chi connectivity index (χ0) is 6.57. The van der Waals surface area contributed by atoms with E-state index in [0.717, 1.165) is 0 Å². The third-order valence-electron chi connectivity index (χ3n) is 0.923. The van der Waals surface area contributed by atoms with Crippen LogP contribution in [0, 0.1) is 5.92 Å². The van der Waals surface area contributed by atoms with E-state index in [0.29, 0.717) is 5.92 Å². The Balaban J connectivity index is 3.72. The Bertz CT molecular complexity index is 86.5. The topological polar surface area (TPSA) is 12.4 Å². The van der Waals surface area contributed by atoms with Crippen molar-refractivity contribution in [1.82, 2.24) is 0 Å². The summed E-state index contributed by atoms with van der Waals surface area (Å²) in [6.07, 6.45) is 2.06. The summed E-state index contributed by atoms with van der Waals surface area (Å²) in [6.45, 7) is 4.30. The molecule has 0 aromatic carbocycles. The predicted octanol–water partition coefficient (Wildman–Crippen LogP) is 2.03. The van der Waals surface area contributed by atoms with Gasteiger partial charge in [0.2, 0.25) is 0 Å². The maximum atomic E-state index is 4.09. The highest BCUT2D eigenvalue weighted by atomic mass is 32.2. The van der Waals surface area contributed by atoms with Crippen molar-refractivity contribution in [1.29, 1.82) is 0 Å². The van der Waals surface area contributed by atoms with Gasteiger partial charge in [-0.3, -0.25) is 4.99 Å². The van der Waals surface area contributed by atoms with Crippen molar-refractivity contribution in [3.8, 4) is 0 Å². The molecule has 0 saturated carbocycles. The fourth-order valence-corrected chi connectivity index (χ4v) is 1.24. The Kier molecular flexibility index (Phi) is 3.97. The van der Waals surface area contributed by atoms with Gasteiger partial charge in [-0.1, -0.05) is 13.8 Å². The van der Waals surface area contributed by atoms with Crippen molar-refractivity contribution in [2.75, 3.05) is 13.3 Å². The second kappa shape index (κ2) is 3.96. The van der Waals surface area contributed by atoms with Gasteiger partial charge in [0.1, 0.15) is 0 Å². The fraction of sp³-hybridized carbons (Fsp3) is 0.833. The van der Waals surface area contributed by atoms with Crippen LogP contribution >= 0.6 is 11.8 Å². The van der Waals surface area contributed by atoms with E-state index in [4.69, 9.17) is 0 Å². The number of hydrogen-bond donors (Lipinski definition) is 0. The van der Waals surface area contributed by atoms with E-state index in [9.17, 15) is 0 Å². The van der Waals surface area contributed by atoms with Gasteiger partial charge in [-0.05, 0) is 6.26 Å². The zero-order valence-corrected chi connectivity index (χ0v) is 6.75. The highest BCUT2D eigenvalue weighted by Crippen LogP contribution is 2.07. The third-order valence-corrected chi connectivity index (χ3v) is 2.00. The first-order valence-electron chi connectivity index (χ1n) is 2.73. The average Bonchev–Trinajstić information content (AvgIpc) is 1.69. The van der Waals surface area contributed by atoms with Gasteiger partial charge >= 0.3 is 0 Å². The summed E-state index contributed by atoms with van der Waals surface area (Å²) in [5.41, 5.74) is 0. The van der Waals surface area contributed by atoms with Gasteiger partial charge in [0.25, 0.3) is 0 Å². The van der Waals surface area contributed by atoms with Crippen LogP contribution in [0.25, 0.3) is 0 Å². The highest BCUT2D eigenvalue weighted by Gasteiger charge is 1.99. The first-order chi connectivity index (χ1) is 3.72. The largest absolute Gasteiger partial charge is 0.286 e. The number of hydrogen-bond acceptors (Lipinski definition) is 2. The molecule has 0 spiro atoms. The number of aliphatic imine (C=N–C) groups is 1. The summed E-state index contributed by atoms with van der Waals surface area (Å²) in [5, 5.41) is 1.23. The molecule has 0 rings (SSSR count). The molecule has 0 aliphatic carbocycles. The number of nitrogens with zero attached hydrogens (tertiary/aromatic N) is 1. The first-order valence-corrected chi connectivity index (χ1v) is 3.95. The van der Waals surface area contributed by atoms with Crippen LogP contribution in [0.15, 0.2) is 4.99 Å². The van der Waals surface area contributed by atoms with Crippen molar-refractivity contribution in [2.24, 2.45) is 10.9 Å². The van der Waals surface area contributed by atoms with Crippen LogP contribution in [0.4, 0.5) is 0 Å². The average molecular weight is 131 g/mol. The second-order valence-corrected chi connectivity index (χ2v) is 2.75. The van der Waals surface area contributed by atoms with Crippen LogP contribution in [0.5, 0.6) is 0 Å². The van der Waals surface area contributed by atoms with Crippen molar-refractivity contribution in [3.63, 3.8) is 0 Å². The van der Waals surface area contributed by atoms with E-state index in [1.807, 2.05) is 7.05 Å². The summed E-state index contributed by atoms with van der Waals surface area (Å²) in [4.78, 5) is 4.09. The standard InChI is InChI=1S/C6H13NS/c1-5(2)6(7-3)8-4/h5H,1-4H3. The summed E-state index contributed by atoms with van der Waals surface area (Å²) in [6, 6.07) is 0. The van der Waals surface area contributed by atoms with Gasteiger partial charge in [0.05, 0.1) is 5.04 Å². The molecule has 0 radical (unpaired) electrons. The van der Waals surface area contributed by atoms with Crippen LogP contribution in [0.3, 0.4) is 0 Å². The van der Waals surface area contributed by atoms with Gasteiger partial charge < -0.3 is 0 Å². The maximum absolute atomic E-state index is 4.09. The normalized spacial score (nSPS) is 12.9. The number of thioether (sulfide) groups is 1. The Morgan fingerprint density at radius 2 is 2.00 bits per heavy atom. The number of rotatable bonds is 1. The molecule has 1 nitrogen and oxygen atoms in total. The third kappa shape index (κ3) is 2.36.